The molecule has 0 radical (unpaired) electrons. The van der Waals surface area contributed by atoms with Crippen LogP contribution in [-0.2, 0) is 21.7 Å². The van der Waals surface area contributed by atoms with Gasteiger partial charge in [0.25, 0.3) is 0 Å². The SMILES string of the molecule is Cc1cc(C)cc(N(c2ccc3c(c2)C(C)(C)C2=C3C=CCC2)c2ccc3c(c2)C(C)(C)c2cc(/C=C/c4ccc5c(c4)C(C)(C)c4cc(N(c6cc(C)cc(C)c6)c6ccc7c(c6)C(C)(C)c6ccccc6-7)ccc4-5)ccc2-3)c1. The summed E-state index contributed by atoms with van der Waals surface area (Å²) in [6, 6.07) is 65.8. The summed E-state index contributed by atoms with van der Waals surface area (Å²) >= 11 is 0. The van der Waals surface area contributed by atoms with Crippen LogP contribution in [0.4, 0.5) is 34.1 Å². The van der Waals surface area contributed by atoms with Gasteiger partial charge in [0.1, 0.15) is 0 Å². The van der Waals surface area contributed by atoms with Crippen LogP contribution >= 0.6 is 0 Å². The van der Waals surface area contributed by atoms with E-state index in [1.807, 2.05) is 0 Å². The summed E-state index contributed by atoms with van der Waals surface area (Å²) in [5.74, 6) is 0. The van der Waals surface area contributed by atoms with Crippen molar-refractivity contribution in [1.82, 2.24) is 0 Å². The normalized spacial score (nSPS) is 16.6. The number of aryl methyl sites for hydroxylation is 4. The van der Waals surface area contributed by atoms with E-state index in [0.717, 1.165) is 12.8 Å². The zero-order chi connectivity index (χ0) is 55.4. The highest BCUT2D eigenvalue weighted by atomic mass is 15.1. The summed E-state index contributed by atoms with van der Waals surface area (Å²) < 4.78 is 0. The Morgan fingerprint density at radius 1 is 0.325 bits per heavy atom. The van der Waals surface area contributed by atoms with Crippen LogP contribution in [-0.4, -0.2) is 0 Å². The fraction of sp³-hybridized carbons (Fsp3) is 0.231. The first-order valence-electron chi connectivity index (χ1n) is 29.1. The molecule has 0 heterocycles. The lowest BCUT2D eigenvalue weighted by Gasteiger charge is -2.30. The minimum absolute atomic E-state index is 0.0114. The zero-order valence-corrected chi connectivity index (χ0v) is 48.8. The molecule has 0 N–H and O–H groups in total. The molecule has 2 heteroatoms. The first kappa shape index (κ1) is 50.0. The summed E-state index contributed by atoms with van der Waals surface area (Å²) in [4.78, 5) is 4.99. The van der Waals surface area contributed by atoms with Crippen molar-refractivity contribution in [1.29, 1.82) is 0 Å². The van der Waals surface area contributed by atoms with Crippen molar-refractivity contribution in [3.8, 4) is 33.4 Å². The number of benzene rings is 9. The summed E-state index contributed by atoms with van der Waals surface area (Å²) in [5.41, 5.74) is 36.2. The fourth-order valence-corrected chi connectivity index (χ4v) is 15.2. The third kappa shape index (κ3) is 7.58. The molecule has 80 heavy (non-hydrogen) atoms. The van der Waals surface area contributed by atoms with Gasteiger partial charge in [-0.3, -0.25) is 0 Å². The third-order valence-electron chi connectivity index (χ3n) is 19.3. The average molecular weight is 1040 g/mol. The van der Waals surface area contributed by atoms with E-state index in [4.69, 9.17) is 0 Å². The minimum atomic E-state index is -0.207. The Kier molecular flexibility index (Phi) is 11.0. The molecule has 0 bridgehead atoms. The predicted octanol–water partition coefficient (Wildman–Crippen LogP) is 21.3. The number of hydrogen-bond donors (Lipinski definition) is 0. The van der Waals surface area contributed by atoms with Crippen molar-refractivity contribution in [2.24, 2.45) is 0 Å². The van der Waals surface area contributed by atoms with Gasteiger partial charge in [-0.05, 0) is 230 Å². The Labute approximate surface area is 475 Å². The maximum Gasteiger partial charge on any atom is 0.0466 e. The van der Waals surface area contributed by atoms with Crippen molar-refractivity contribution in [2.75, 3.05) is 9.80 Å². The van der Waals surface area contributed by atoms with E-state index in [0.29, 0.717) is 0 Å². The summed E-state index contributed by atoms with van der Waals surface area (Å²) in [5, 5.41) is 0. The van der Waals surface area contributed by atoms with Gasteiger partial charge in [0.05, 0.1) is 0 Å². The lowest BCUT2D eigenvalue weighted by Crippen LogP contribution is -2.19. The molecule has 0 fully saturated rings. The number of fused-ring (bicyclic) bond motifs is 11. The standard InChI is InChI=1S/C78H72N2/c1-47-35-48(2)38-57(37-47)79(53-25-31-63-59-17-13-15-19-67(59)75(5,6)71(63)43-53)55-27-33-65-61-29-23-51(41-69(61)77(9,10)73(65)45-55)21-22-52-24-30-62-66-34-28-56(46-74(66)78(11,12)70(62)42-52)80(58-39-49(3)36-50(4)40-58)54-26-32-64-60-18-14-16-20-68(60)76(7,8)72(64)44-54/h13-15,17-19,21-46H,16,20H2,1-12H3/b22-21+. The molecular formula is C78H72N2. The molecule has 5 aliphatic carbocycles. The molecule has 0 aliphatic heterocycles. The molecule has 0 amide bonds. The maximum atomic E-state index is 2.50. The van der Waals surface area contributed by atoms with Crippen LogP contribution in [0, 0.1) is 27.7 Å². The third-order valence-corrected chi connectivity index (χ3v) is 19.3. The van der Waals surface area contributed by atoms with Crippen molar-refractivity contribution in [2.45, 2.75) is 118 Å². The molecule has 0 atom stereocenters. The van der Waals surface area contributed by atoms with E-state index in [1.54, 1.807) is 5.57 Å². The first-order valence-corrected chi connectivity index (χ1v) is 29.1. The van der Waals surface area contributed by atoms with Gasteiger partial charge in [0.15, 0.2) is 0 Å². The molecule has 0 unspecified atom stereocenters. The van der Waals surface area contributed by atoms with Gasteiger partial charge in [-0.1, -0.05) is 182 Å². The summed E-state index contributed by atoms with van der Waals surface area (Å²) in [6.45, 7) is 28.1. The highest BCUT2D eigenvalue weighted by Crippen LogP contribution is 2.56. The van der Waals surface area contributed by atoms with E-state index in [2.05, 4.69) is 287 Å². The van der Waals surface area contributed by atoms with E-state index in [1.165, 1.54) is 151 Å². The average Bonchev–Trinajstić information content (AvgIpc) is 4.24. The van der Waals surface area contributed by atoms with Gasteiger partial charge in [-0.15, -0.1) is 0 Å². The Morgan fingerprint density at radius 2 is 0.675 bits per heavy atom. The molecule has 0 saturated carbocycles. The smallest absolute Gasteiger partial charge is 0.0466 e. The molecule has 9 aromatic rings. The number of allylic oxidation sites excluding steroid dienone is 4. The Hall–Kier alpha value is -8.20. The summed E-state index contributed by atoms with van der Waals surface area (Å²) in [6.07, 6.45) is 11.6. The number of rotatable bonds is 8. The van der Waals surface area contributed by atoms with Crippen molar-refractivity contribution in [3.05, 3.63) is 265 Å². The van der Waals surface area contributed by atoms with Gasteiger partial charge >= 0.3 is 0 Å². The van der Waals surface area contributed by atoms with Gasteiger partial charge in [0.2, 0.25) is 0 Å². The largest absolute Gasteiger partial charge is 0.310 e. The second-order valence-electron chi connectivity index (χ2n) is 26.1. The number of nitrogens with zero attached hydrogens (tertiary/aromatic N) is 2. The second-order valence-corrected chi connectivity index (χ2v) is 26.1. The Bertz CT molecular complexity index is 4200. The molecule has 0 saturated heterocycles. The summed E-state index contributed by atoms with van der Waals surface area (Å²) in [7, 11) is 0. The van der Waals surface area contributed by atoms with Crippen molar-refractivity contribution >= 4 is 51.8 Å². The van der Waals surface area contributed by atoms with Gasteiger partial charge in [-0.2, -0.15) is 0 Å². The van der Waals surface area contributed by atoms with Crippen molar-refractivity contribution < 1.29 is 0 Å². The molecule has 0 aromatic heterocycles. The lowest BCUT2D eigenvalue weighted by atomic mass is 9.78. The van der Waals surface area contributed by atoms with Gasteiger partial charge in [-0.25, -0.2) is 0 Å². The van der Waals surface area contributed by atoms with Crippen LogP contribution in [0.3, 0.4) is 0 Å². The van der Waals surface area contributed by atoms with Crippen molar-refractivity contribution in [3.63, 3.8) is 0 Å². The van der Waals surface area contributed by atoms with E-state index >= 15 is 0 Å². The Morgan fingerprint density at radius 3 is 1.11 bits per heavy atom. The topological polar surface area (TPSA) is 6.48 Å². The molecule has 0 spiro atoms. The molecular weight excluding hydrogens is 965 g/mol. The molecule has 9 aromatic carbocycles. The quantitative estimate of drug-likeness (QED) is 0.140. The van der Waals surface area contributed by atoms with Crippen LogP contribution in [0.5, 0.6) is 0 Å². The van der Waals surface area contributed by atoms with E-state index in [-0.39, 0.29) is 21.7 Å². The van der Waals surface area contributed by atoms with Gasteiger partial charge in [0, 0.05) is 55.8 Å². The fourth-order valence-electron chi connectivity index (χ4n) is 15.2. The van der Waals surface area contributed by atoms with Crippen LogP contribution in [0.2, 0.25) is 0 Å². The van der Waals surface area contributed by atoms with E-state index < -0.39 is 0 Å². The molecule has 2 nitrogen and oxygen atoms in total. The van der Waals surface area contributed by atoms with Crippen LogP contribution in [0.1, 0.15) is 146 Å². The first-order chi connectivity index (χ1) is 38.3. The monoisotopic (exact) mass is 1040 g/mol. The van der Waals surface area contributed by atoms with Crippen LogP contribution < -0.4 is 9.80 Å². The molecule has 5 aliphatic rings. The second kappa shape index (κ2) is 17.6. The van der Waals surface area contributed by atoms with Gasteiger partial charge < -0.3 is 9.80 Å². The Balaban J connectivity index is 0.767. The van der Waals surface area contributed by atoms with Crippen LogP contribution in [0.15, 0.2) is 188 Å². The number of hydrogen-bond acceptors (Lipinski definition) is 2. The zero-order valence-electron chi connectivity index (χ0n) is 48.8. The molecule has 14 rings (SSSR count). The minimum Gasteiger partial charge on any atom is -0.310 e. The molecule has 394 valence electrons. The highest BCUT2D eigenvalue weighted by molar-refractivity contribution is 5.93. The highest BCUT2D eigenvalue weighted by Gasteiger charge is 2.41. The van der Waals surface area contributed by atoms with E-state index in [9.17, 15) is 0 Å². The number of anilines is 6. The predicted molar refractivity (Wildman–Crippen MR) is 341 cm³/mol. The van der Waals surface area contributed by atoms with Crippen LogP contribution in [0.25, 0.3) is 51.1 Å². The maximum absolute atomic E-state index is 2.50. The lowest BCUT2D eigenvalue weighted by molar-refractivity contribution is 0.607.